The molecule has 1 aromatic carbocycles. The van der Waals surface area contributed by atoms with Crippen molar-refractivity contribution in [2.24, 2.45) is 5.92 Å². The molecule has 0 saturated carbocycles. The highest BCUT2D eigenvalue weighted by molar-refractivity contribution is 5.90. The number of carbonyl (C=O) groups is 1. The fourth-order valence-electron chi connectivity index (χ4n) is 3.30. The second kappa shape index (κ2) is 7.71. The van der Waals surface area contributed by atoms with Crippen molar-refractivity contribution < 1.29 is 9.53 Å². The summed E-state index contributed by atoms with van der Waals surface area (Å²) in [6.07, 6.45) is 6.89. The Balaban J connectivity index is 1.40. The minimum Gasteiger partial charge on any atom is -0.381 e. The van der Waals surface area contributed by atoms with Crippen LogP contribution in [0.1, 0.15) is 12.8 Å². The number of nitrogens with zero attached hydrogens (tertiary/aromatic N) is 4. The first-order chi connectivity index (χ1) is 13.2. The zero-order valence-corrected chi connectivity index (χ0v) is 14.9. The Morgan fingerprint density at radius 2 is 2.07 bits per heavy atom. The number of fused-ring (bicyclic) bond motifs is 1. The Kier molecular flexibility index (Phi) is 4.97. The van der Waals surface area contributed by atoms with E-state index in [1.54, 1.807) is 24.4 Å². The molecule has 0 atom stereocenters. The van der Waals surface area contributed by atoms with Gasteiger partial charge < -0.3 is 10.1 Å². The lowest BCUT2D eigenvalue weighted by Crippen LogP contribution is -2.27. The van der Waals surface area contributed by atoms with Gasteiger partial charge in [0.1, 0.15) is 6.54 Å². The summed E-state index contributed by atoms with van der Waals surface area (Å²) < 4.78 is 8.52. The van der Waals surface area contributed by atoms with Crippen LogP contribution in [-0.4, -0.2) is 38.5 Å². The van der Waals surface area contributed by atoms with Gasteiger partial charge in [0.05, 0.1) is 29.1 Å². The highest BCUT2D eigenvalue weighted by Crippen LogP contribution is 2.17. The van der Waals surface area contributed by atoms with Crippen LogP contribution >= 0.6 is 0 Å². The van der Waals surface area contributed by atoms with Gasteiger partial charge >= 0.3 is 0 Å². The van der Waals surface area contributed by atoms with Gasteiger partial charge in [0, 0.05) is 26.0 Å². The van der Waals surface area contributed by atoms with E-state index in [1.165, 1.54) is 10.9 Å². The first-order valence-corrected chi connectivity index (χ1v) is 9.03. The van der Waals surface area contributed by atoms with Crippen LogP contribution in [-0.2, 0) is 22.6 Å². The van der Waals surface area contributed by atoms with E-state index in [0.29, 0.717) is 22.5 Å². The molecule has 0 bridgehead atoms. The van der Waals surface area contributed by atoms with E-state index in [1.807, 2.05) is 16.9 Å². The van der Waals surface area contributed by atoms with Crippen molar-refractivity contribution in [3.8, 4) is 0 Å². The molecule has 1 N–H and O–H groups in total. The van der Waals surface area contributed by atoms with Gasteiger partial charge in [-0.15, -0.1) is 0 Å². The second-order valence-corrected chi connectivity index (χ2v) is 6.75. The molecular formula is C19H21N5O3. The molecule has 1 fully saturated rings. The summed E-state index contributed by atoms with van der Waals surface area (Å²) >= 11 is 0. The monoisotopic (exact) mass is 367 g/mol. The first-order valence-electron chi connectivity index (χ1n) is 9.03. The summed E-state index contributed by atoms with van der Waals surface area (Å²) in [7, 11) is 0. The van der Waals surface area contributed by atoms with Crippen LogP contribution in [0.2, 0.25) is 0 Å². The lowest BCUT2D eigenvalue weighted by molar-refractivity contribution is -0.116. The number of aromatic nitrogens is 4. The van der Waals surface area contributed by atoms with Crippen molar-refractivity contribution in [1.82, 2.24) is 19.3 Å². The van der Waals surface area contributed by atoms with Crippen LogP contribution in [0.4, 0.5) is 5.69 Å². The van der Waals surface area contributed by atoms with Crippen LogP contribution in [0.3, 0.4) is 0 Å². The van der Waals surface area contributed by atoms with Crippen molar-refractivity contribution in [2.45, 2.75) is 25.9 Å². The minimum absolute atomic E-state index is 0.0954. The molecule has 1 aliphatic heterocycles. The van der Waals surface area contributed by atoms with E-state index >= 15 is 0 Å². The van der Waals surface area contributed by atoms with E-state index in [-0.39, 0.29) is 18.0 Å². The largest absolute Gasteiger partial charge is 0.381 e. The zero-order chi connectivity index (χ0) is 18.6. The van der Waals surface area contributed by atoms with Gasteiger partial charge in [-0.05, 0) is 30.9 Å². The molecule has 4 rings (SSSR count). The van der Waals surface area contributed by atoms with E-state index in [2.05, 4.69) is 15.4 Å². The number of rotatable bonds is 5. The van der Waals surface area contributed by atoms with Crippen molar-refractivity contribution in [2.75, 3.05) is 18.5 Å². The van der Waals surface area contributed by atoms with Crippen LogP contribution in [0.5, 0.6) is 0 Å². The highest BCUT2D eigenvalue weighted by Gasteiger charge is 2.15. The Morgan fingerprint density at radius 1 is 1.26 bits per heavy atom. The topological polar surface area (TPSA) is 91.0 Å². The zero-order valence-electron chi connectivity index (χ0n) is 14.9. The fraction of sp³-hybridized carbons (Fsp3) is 0.368. The van der Waals surface area contributed by atoms with Crippen molar-refractivity contribution in [1.29, 1.82) is 0 Å². The maximum Gasteiger partial charge on any atom is 0.261 e. The van der Waals surface area contributed by atoms with E-state index in [9.17, 15) is 9.59 Å². The lowest BCUT2D eigenvalue weighted by Gasteiger charge is -2.21. The summed E-state index contributed by atoms with van der Waals surface area (Å²) in [6.45, 7) is 2.31. The molecule has 0 unspecified atom stereocenters. The van der Waals surface area contributed by atoms with E-state index in [4.69, 9.17) is 4.74 Å². The van der Waals surface area contributed by atoms with Gasteiger partial charge in [-0.3, -0.25) is 18.8 Å². The first kappa shape index (κ1) is 17.4. The molecule has 0 aliphatic carbocycles. The molecule has 8 nitrogen and oxygen atoms in total. The number of para-hydroxylation sites is 1. The third kappa shape index (κ3) is 4.06. The van der Waals surface area contributed by atoms with Crippen LogP contribution in [0.25, 0.3) is 10.9 Å². The summed E-state index contributed by atoms with van der Waals surface area (Å²) in [5, 5.41) is 7.60. The molecule has 1 saturated heterocycles. The summed E-state index contributed by atoms with van der Waals surface area (Å²) in [4.78, 5) is 29.0. The maximum atomic E-state index is 12.5. The number of anilines is 1. The molecule has 3 heterocycles. The average molecular weight is 367 g/mol. The van der Waals surface area contributed by atoms with Crippen LogP contribution < -0.4 is 10.9 Å². The van der Waals surface area contributed by atoms with Gasteiger partial charge in [0.2, 0.25) is 5.91 Å². The smallest absolute Gasteiger partial charge is 0.261 e. The number of amides is 1. The molecule has 3 aromatic rings. The van der Waals surface area contributed by atoms with Gasteiger partial charge in [-0.25, -0.2) is 4.98 Å². The van der Waals surface area contributed by atoms with Gasteiger partial charge in [-0.1, -0.05) is 12.1 Å². The fourth-order valence-corrected chi connectivity index (χ4v) is 3.30. The quantitative estimate of drug-likeness (QED) is 0.741. The van der Waals surface area contributed by atoms with E-state index in [0.717, 1.165) is 32.6 Å². The van der Waals surface area contributed by atoms with Gasteiger partial charge in [0.25, 0.3) is 5.56 Å². The van der Waals surface area contributed by atoms with Crippen LogP contribution in [0.15, 0.2) is 47.8 Å². The van der Waals surface area contributed by atoms with Crippen molar-refractivity contribution >= 4 is 22.5 Å². The molecule has 1 amide bonds. The number of carbonyl (C=O) groups excluding carboxylic acids is 1. The molecule has 2 aromatic heterocycles. The highest BCUT2D eigenvalue weighted by atomic mass is 16.5. The van der Waals surface area contributed by atoms with Crippen molar-refractivity contribution in [3.63, 3.8) is 0 Å². The molecule has 1 aliphatic rings. The number of nitrogens with one attached hydrogen (secondary N) is 1. The standard InChI is InChI=1S/C19H21N5O3/c25-18(12-23-13-20-17-4-2-1-3-16(17)19(23)26)22-15-9-21-24(11-15)10-14-5-7-27-8-6-14/h1-4,9,11,13-14H,5-8,10,12H2,(H,22,25). The summed E-state index contributed by atoms with van der Waals surface area (Å²) in [5.41, 5.74) is 1.01. The van der Waals surface area contributed by atoms with Crippen molar-refractivity contribution in [3.05, 3.63) is 53.3 Å². The lowest BCUT2D eigenvalue weighted by atomic mass is 10.0. The summed E-state index contributed by atoms with van der Waals surface area (Å²) in [6, 6.07) is 7.08. The maximum absolute atomic E-state index is 12.5. The van der Waals surface area contributed by atoms with E-state index < -0.39 is 0 Å². The molecule has 27 heavy (non-hydrogen) atoms. The third-order valence-corrected chi connectivity index (χ3v) is 4.75. The number of hydrogen-bond acceptors (Lipinski definition) is 5. The normalized spacial score (nSPS) is 15.1. The van der Waals surface area contributed by atoms with Crippen LogP contribution in [0, 0.1) is 5.92 Å². The second-order valence-electron chi connectivity index (χ2n) is 6.75. The van der Waals surface area contributed by atoms with Gasteiger partial charge in [0.15, 0.2) is 0 Å². The SMILES string of the molecule is O=C(Cn1cnc2ccccc2c1=O)Nc1cnn(CC2CCOCC2)c1. The number of benzene rings is 1. The predicted octanol–water partition coefficient (Wildman–Crippen LogP) is 1.66. The molecule has 140 valence electrons. The summed E-state index contributed by atoms with van der Waals surface area (Å²) in [5.74, 6) is 0.254. The Morgan fingerprint density at radius 3 is 2.93 bits per heavy atom. The Bertz CT molecular complexity index is 1000. The predicted molar refractivity (Wildman–Crippen MR) is 100 cm³/mol. The number of hydrogen-bond donors (Lipinski definition) is 1. The molecular weight excluding hydrogens is 346 g/mol. The minimum atomic E-state index is -0.292. The Hall–Kier alpha value is -3.00. The molecule has 0 radical (unpaired) electrons. The Labute approximate surface area is 155 Å². The molecule has 0 spiro atoms. The van der Waals surface area contributed by atoms with Gasteiger partial charge in [-0.2, -0.15) is 5.10 Å². The number of ether oxygens (including phenoxy) is 1. The molecule has 8 heteroatoms. The third-order valence-electron chi connectivity index (χ3n) is 4.75. The average Bonchev–Trinajstić information content (AvgIpc) is 3.11.